The monoisotopic (exact) mass is 222 g/mol. The summed E-state index contributed by atoms with van der Waals surface area (Å²) in [6, 6.07) is 2.53. The largest absolute Gasteiger partial charge is 0.339 e. The summed E-state index contributed by atoms with van der Waals surface area (Å²) >= 11 is 0. The van der Waals surface area contributed by atoms with Gasteiger partial charge in [-0.05, 0) is 25.7 Å². The Morgan fingerprint density at radius 1 is 1.44 bits per heavy atom. The lowest BCUT2D eigenvalue weighted by atomic mass is 9.95. The number of carbonyl (C=O) groups is 1. The summed E-state index contributed by atoms with van der Waals surface area (Å²) in [5.41, 5.74) is 0. The van der Waals surface area contributed by atoms with Gasteiger partial charge in [-0.2, -0.15) is 5.26 Å². The fourth-order valence-electron chi connectivity index (χ4n) is 2.48. The Hall–Kier alpha value is -1.04. The average molecular weight is 222 g/mol. The summed E-state index contributed by atoms with van der Waals surface area (Å²) in [6.45, 7) is 6.61. The quantitative estimate of drug-likeness (QED) is 0.733. The minimum Gasteiger partial charge on any atom is -0.339 e. The number of rotatable bonds is 4. The van der Waals surface area contributed by atoms with Gasteiger partial charge in [0.25, 0.3) is 0 Å². The standard InChI is InChI=1S/C13H22N2O/c1-4-15(11-7-5-6-8-11)13(16)12(9-14)10(2)3/h10-12H,4-8H2,1-3H3. The second-order valence-corrected chi connectivity index (χ2v) is 4.91. The van der Waals surface area contributed by atoms with Gasteiger partial charge >= 0.3 is 0 Å². The maximum Gasteiger partial charge on any atom is 0.240 e. The Morgan fingerprint density at radius 2 is 2.00 bits per heavy atom. The smallest absolute Gasteiger partial charge is 0.240 e. The van der Waals surface area contributed by atoms with Gasteiger partial charge in [0.1, 0.15) is 5.92 Å². The normalized spacial score (nSPS) is 18.4. The highest BCUT2D eigenvalue weighted by molar-refractivity contribution is 5.81. The first-order valence-electron chi connectivity index (χ1n) is 6.31. The molecular formula is C13H22N2O. The Bertz CT molecular complexity index is 274. The second kappa shape index (κ2) is 5.89. The Kier molecular flexibility index (Phi) is 4.79. The molecule has 0 N–H and O–H groups in total. The van der Waals surface area contributed by atoms with Crippen LogP contribution in [0.2, 0.25) is 0 Å². The van der Waals surface area contributed by atoms with Crippen LogP contribution in [-0.2, 0) is 4.79 Å². The molecule has 0 aromatic heterocycles. The lowest BCUT2D eigenvalue weighted by Crippen LogP contribution is -2.43. The van der Waals surface area contributed by atoms with Crippen molar-refractivity contribution in [2.24, 2.45) is 11.8 Å². The van der Waals surface area contributed by atoms with E-state index in [1.807, 2.05) is 25.7 Å². The maximum atomic E-state index is 12.2. The summed E-state index contributed by atoms with van der Waals surface area (Å²) in [7, 11) is 0. The SMILES string of the molecule is CCN(C(=O)C(C#N)C(C)C)C1CCCC1. The zero-order chi connectivity index (χ0) is 12.1. The van der Waals surface area contributed by atoms with E-state index in [1.165, 1.54) is 12.8 Å². The third-order valence-corrected chi connectivity index (χ3v) is 3.46. The first-order chi connectivity index (χ1) is 7.61. The molecule has 1 atom stereocenters. The molecule has 1 fully saturated rings. The summed E-state index contributed by atoms with van der Waals surface area (Å²) in [6.07, 6.45) is 4.65. The molecular weight excluding hydrogens is 200 g/mol. The van der Waals surface area contributed by atoms with Crippen molar-refractivity contribution in [1.82, 2.24) is 4.90 Å². The van der Waals surface area contributed by atoms with Gasteiger partial charge in [-0.25, -0.2) is 0 Å². The van der Waals surface area contributed by atoms with Crippen LogP contribution in [0.4, 0.5) is 0 Å². The fourth-order valence-corrected chi connectivity index (χ4v) is 2.48. The van der Waals surface area contributed by atoms with E-state index in [0.29, 0.717) is 6.04 Å². The van der Waals surface area contributed by atoms with Crippen LogP contribution in [0.1, 0.15) is 46.5 Å². The zero-order valence-electron chi connectivity index (χ0n) is 10.6. The highest BCUT2D eigenvalue weighted by atomic mass is 16.2. The summed E-state index contributed by atoms with van der Waals surface area (Å²) in [5.74, 6) is -0.333. The van der Waals surface area contributed by atoms with E-state index < -0.39 is 5.92 Å². The van der Waals surface area contributed by atoms with Gasteiger partial charge in [0.15, 0.2) is 0 Å². The van der Waals surface area contributed by atoms with Crippen molar-refractivity contribution in [2.45, 2.75) is 52.5 Å². The molecule has 1 amide bonds. The fraction of sp³-hybridized carbons (Fsp3) is 0.846. The van der Waals surface area contributed by atoms with Gasteiger partial charge < -0.3 is 4.90 Å². The number of nitrogens with zero attached hydrogens (tertiary/aromatic N) is 2. The van der Waals surface area contributed by atoms with Crippen molar-refractivity contribution in [1.29, 1.82) is 5.26 Å². The number of amides is 1. The van der Waals surface area contributed by atoms with Crippen molar-refractivity contribution < 1.29 is 4.79 Å². The van der Waals surface area contributed by atoms with Crippen LogP contribution in [0.25, 0.3) is 0 Å². The average Bonchev–Trinajstić information content (AvgIpc) is 2.72. The lowest BCUT2D eigenvalue weighted by Gasteiger charge is -2.30. The molecule has 1 aliphatic rings. The minimum atomic E-state index is -0.472. The van der Waals surface area contributed by atoms with Gasteiger partial charge in [-0.1, -0.05) is 26.7 Å². The van der Waals surface area contributed by atoms with E-state index in [-0.39, 0.29) is 11.8 Å². The number of hydrogen-bond donors (Lipinski definition) is 0. The molecule has 3 heteroatoms. The molecule has 0 radical (unpaired) electrons. The molecule has 0 aromatic rings. The van der Waals surface area contributed by atoms with Crippen LogP contribution >= 0.6 is 0 Å². The highest BCUT2D eigenvalue weighted by Gasteiger charge is 2.31. The van der Waals surface area contributed by atoms with Gasteiger partial charge in [-0.3, -0.25) is 4.79 Å². The number of carbonyl (C=O) groups excluding carboxylic acids is 1. The van der Waals surface area contributed by atoms with Crippen LogP contribution < -0.4 is 0 Å². The molecule has 90 valence electrons. The Labute approximate surface area is 98.4 Å². The zero-order valence-corrected chi connectivity index (χ0v) is 10.6. The van der Waals surface area contributed by atoms with Crippen LogP contribution in [0.5, 0.6) is 0 Å². The topological polar surface area (TPSA) is 44.1 Å². The van der Waals surface area contributed by atoms with E-state index >= 15 is 0 Å². The summed E-state index contributed by atoms with van der Waals surface area (Å²) in [4.78, 5) is 14.2. The number of hydrogen-bond acceptors (Lipinski definition) is 2. The van der Waals surface area contributed by atoms with Crippen LogP contribution in [0.15, 0.2) is 0 Å². The van der Waals surface area contributed by atoms with E-state index in [4.69, 9.17) is 5.26 Å². The second-order valence-electron chi connectivity index (χ2n) is 4.91. The molecule has 3 nitrogen and oxygen atoms in total. The third-order valence-electron chi connectivity index (χ3n) is 3.46. The van der Waals surface area contributed by atoms with Gasteiger partial charge in [0.2, 0.25) is 5.91 Å². The molecule has 1 aliphatic carbocycles. The molecule has 16 heavy (non-hydrogen) atoms. The predicted molar refractivity (Wildman–Crippen MR) is 63.6 cm³/mol. The Balaban J connectivity index is 2.71. The van der Waals surface area contributed by atoms with Gasteiger partial charge in [0, 0.05) is 12.6 Å². The van der Waals surface area contributed by atoms with Gasteiger partial charge in [-0.15, -0.1) is 0 Å². The molecule has 0 saturated heterocycles. The Morgan fingerprint density at radius 3 is 2.38 bits per heavy atom. The molecule has 0 heterocycles. The molecule has 0 aromatic carbocycles. The molecule has 1 rings (SSSR count). The first-order valence-corrected chi connectivity index (χ1v) is 6.31. The summed E-state index contributed by atoms with van der Waals surface area (Å²) < 4.78 is 0. The summed E-state index contributed by atoms with van der Waals surface area (Å²) in [5, 5.41) is 9.06. The van der Waals surface area contributed by atoms with Crippen molar-refractivity contribution in [3.05, 3.63) is 0 Å². The predicted octanol–water partition coefficient (Wildman–Crippen LogP) is 2.57. The van der Waals surface area contributed by atoms with Crippen LogP contribution in [-0.4, -0.2) is 23.4 Å². The van der Waals surface area contributed by atoms with E-state index in [2.05, 4.69) is 6.07 Å². The minimum absolute atomic E-state index is 0.0342. The highest BCUT2D eigenvalue weighted by Crippen LogP contribution is 2.25. The van der Waals surface area contributed by atoms with Crippen molar-refractivity contribution in [2.75, 3.05) is 6.54 Å². The van der Waals surface area contributed by atoms with Crippen LogP contribution in [0.3, 0.4) is 0 Å². The van der Waals surface area contributed by atoms with Gasteiger partial charge in [0.05, 0.1) is 6.07 Å². The maximum absolute atomic E-state index is 12.2. The van der Waals surface area contributed by atoms with E-state index in [0.717, 1.165) is 19.4 Å². The van der Waals surface area contributed by atoms with Crippen molar-refractivity contribution in [3.8, 4) is 6.07 Å². The molecule has 0 bridgehead atoms. The molecule has 1 unspecified atom stereocenters. The molecule has 0 spiro atoms. The molecule has 0 aliphatic heterocycles. The van der Waals surface area contributed by atoms with Crippen molar-refractivity contribution >= 4 is 5.91 Å². The third kappa shape index (κ3) is 2.75. The number of nitriles is 1. The first kappa shape index (κ1) is 13.0. The molecule has 1 saturated carbocycles. The van der Waals surface area contributed by atoms with E-state index in [9.17, 15) is 4.79 Å². The lowest BCUT2D eigenvalue weighted by molar-refractivity contribution is -0.136. The van der Waals surface area contributed by atoms with Crippen molar-refractivity contribution in [3.63, 3.8) is 0 Å². The van der Waals surface area contributed by atoms with E-state index in [1.54, 1.807) is 0 Å². The van der Waals surface area contributed by atoms with Crippen LogP contribution in [0, 0.1) is 23.2 Å².